The minimum Gasteiger partial charge on any atom is -0.462 e. The number of anilines is 1. The monoisotopic (exact) mass is 448 g/mol. The standard InChI is InChI=1S/C27H32N2O2S/c1-5-29-23-12-11-19-9-7-8-10-21(19)25(23)32-24(29)14-18-13-20(16-27(3,4)15-18)22(17-28)26(30)31-6-2/h11-14H,5-10,15-16H2,1-4H3/b22-20+,24-14-. The van der Waals surface area contributed by atoms with Gasteiger partial charge in [0.15, 0.2) is 0 Å². The highest BCUT2D eigenvalue weighted by molar-refractivity contribution is 8.03. The van der Waals surface area contributed by atoms with Gasteiger partial charge < -0.3 is 9.64 Å². The number of rotatable bonds is 4. The van der Waals surface area contributed by atoms with E-state index in [0.717, 1.165) is 24.1 Å². The maximum Gasteiger partial charge on any atom is 0.349 e. The molecule has 4 nitrogen and oxygen atoms in total. The molecular formula is C27H32N2O2S. The van der Waals surface area contributed by atoms with E-state index in [1.165, 1.54) is 52.4 Å². The third-order valence-corrected chi connectivity index (χ3v) is 7.68. The van der Waals surface area contributed by atoms with Crippen LogP contribution in [-0.4, -0.2) is 19.1 Å². The van der Waals surface area contributed by atoms with E-state index in [4.69, 9.17) is 4.74 Å². The third-order valence-electron chi connectivity index (χ3n) is 6.47. The lowest BCUT2D eigenvalue weighted by Crippen LogP contribution is -2.21. The molecule has 1 aromatic carbocycles. The van der Waals surface area contributed by atoms with Crippen LogP contribution >= 0.6 is 11.8 Å². The van der Waals surface area contributed by atoms with Gasteiger partial charge in [0, 0.05) is 11.4 Å². The van der Waals surface area contributed by atoms with E-state index in [-0.39, 0.29) is 17.6 Å². The number of allylic oxidation sites excluding steroid dienone is 4. The van der Waals surface area contributed by atoms with Crippen LogP contribution < -0.4 is 4.90 Å². The smallest absolute Gasteiger partial charge is 0.349 e. The molecule has 0 saturated heterocycles. The van der Waals surface area contributed by atoms with Gasteiger partial charge in [-0.1, -0.05) is 37.8 Å². The Morgan fingerprint density at radius 1 is 1.25 bits per heavy atom. The minimum atomic E-state index is -0.518. The van der Waals surface area contributed by atoms with E-state index in [0.29, 0.717) is 6.42 Å². The van der Waals surface area contributed by atoms with Crippen LogP contribution in [0, 0.1) is 16.7 Å². The number of hydrogen-bond donors (Lipinski definition) is 0. The van der Waals surface area contributed by atoms with Gasteiger partial charge in [-0.2, -0.15) is 5.26 Å². The van der Waals surface area contributed by atoms with Crippen LogP contribution in [0.1, 0.15) is 64.5 Å². The van der Waals surface area contributed by atoms with Gasteiger partial charge in [-0.15, -0.1) is 0 Å². The third kappa shape index (κ3) is 4.38. The molecule has 0 unspecified atom stereocenters. The van der Waals surface area contributed by atoms with Crippen molar-refractivity contribution in [2.75, 3.05) is 18.1 Å². The fourth-order valence-electron chi connectivity index (χ4n) is 5.14. The summed E-state index contributed by atoms with van der Waals surface area (Å²) in [6.45, 7) is 9.54. The second kappa shape index (κ2) is 9.19. The number of carbonyl (C=O) groups excluding carboxylic acids is 1. The Hall–Kier alpha value is -2.45. The summed E-state index contributed by atoms with van der Waals surface area (Å²) < 4.78 is 5.14. The zero-order chi connectivity index (χ0) is 22.9. The highest BCUT2D eigenvalue weighted by Gasteiger charge is 2.32. The lowest BCUT2D eigenvalue weighted by Gasteiger charge is -2.31. The van der Waals surface area contributed by atoms with Gasteiger partial charge >= 0.3 is 5.97 Å². The van der Waals surface area contributed by atoms with Crippen LogP contribution in [0.2, 0.25) is 0 Å². The van der Waals surface area contributed by atoms with Crippen LogP contribution in [0.5, 0.6) is 0 Å². The van der Waals surface area contributed by atoms with Crippen molar-refractivity contribution in [3.63, 3.8) is 0 Å². The Kier molecular flexibility index (Phi) is 6.53. The van der Waals surface area contributed by atoms with Gasteiger partial charge in [0.25, 0.3) is 0 Å². The van der Waals surface area contributed by atoms with Crippen LogP contribution in [0.25, 0.3) is 0 Å². The number of thioether (sulfide) groups is 1. The molecule has 1 aliphatic heterocycles. The fraction of sp³-hybridized carbons (Fsp3) is 0.481. The van der Waals surface area contributed by atoms with Crippen molar-refractivity contribution in [2.24, 2.45) is 5.41 Å². The SMILES string of the molecule is CCOC(=O)/C(C#N)=C1C=C(/C=C2\Sc3c(ccc4c3CCCC4)N2CC)CC(C)(C)C\1. The molecule has 2 aliphatic carbocycles. The topological polar surface area (TPSA) is 53.3 Å². The number of fused-ring (bicyclic) bond motifs is 3. The summed E-state index contributed by atoms with van der Waals surface area (Å²) in [5.41, 5.74) is 6.42. The Morgan fingerprint density at radius 3 is 2.75 bits per heavy atom. The van der Waals surface area contributed by atoms with Crippen molar-refractivity contribution < 1.29 is 9.53 Å². The number of nitrogens with zero attached hydrogens (tertiary/aromatic N) is 2. The van der Waals surface area contributed by atoms with Crippen LogP contribution in [-0.2, 0) is 22.4 Å². The van der Waals surface area contributed by atoms with Gasteiger partial charge in [0.05, 0.1) is 17.3 Å². The maximum absolute atomic E-state index is 12.4. The molecule has 0 atom stereocenters. The summed E-state index contributed by atoms with van der Waals surface area (Å²) in [6, 6.07) is 6.71. The number of nitriles is 1. The van der Waals surface area contributed by atoms with E-state index in [9.17, 15) is 10.1 Å². The Balaban J connectivity index is 1.74. The number of hydrogen-bond acceptors (Lipinski definition) is 5. The van der Waals surface area contributed by atoms with Gasteiger partial charge in [-0.25, -0.2) is 4.79 Å². The number of ether oxygens (including phenoxy) is 1. The van der Waals surface area contributed by atoms with E-state index in [2.05, 4.69) is 49.9 Å². The molecule has 4 rings (SSSR count). The molecule has 0 bridgehead atoms. The molecule has 1 aromatic rings. The van der Waals surface area contributed by atoms with Crippen LogP contribution in [0.4, 0.5) is 5.69 Å². The summed E-state index contributed by atoms with van der Waals surface area (Å²) in [6.07, 6.45) is 10.8. The fourth-order valence-corrected chi connectivity index (χ4v) is 6.54. The zero-order valence-electron chi connectivity index (χ0n) is 19.6. The number of benzene rings is 1. The summed E-state index contributed by atoms with van der Waals surface area (Å²) >= 11 is 1.88. The lowest BCUT2D eigenvalue weighted by atomic mass is 9.74. The number of esters is 1. The second-order valence-corrected chi connectivity index (χ2v) is 10.6. The predicted molar refractivity (Wildman–Crippen MR) is 130 cm³/mol. The second-order valence-electron chi connectivity index (χ2n) is 9.56. The highest BCUT2D eigenvalue weighted by Crippen LogP contribution is 2.51. The van der Waals surface area contributed by atoms with Crippen molar-refractivity contribution in [3.8, 4) is 6.07 Å². The molecule has 5 heteroatoms. The minimum absolute atomic E-state index is 0.0304. The Morgan fingerprint density at radius 2 is 2.03 bits per heavy atom. The predicted octanol–water partition coefficient (Wildman–Crippen LogP) is 6.47. The first-order valence-electron chi connectivity index (χ1n) is 11.7. The molecular weight excluding hydrogens is 416 g/mol. The first-order chi connectivity index (χ1) is 15.4. The Bertz CT molecular complexity index is 1070. The number of aryl methyl sites for hydroxylation is 1. The molecule has 3 aliphatic rings. The van der Waals surface area contributed by atoms with Crippen molar-refractivity contribution >= 4 is 23.4 Å². The number of carbonyl (C=O) groups is 1. The van der Waals surface area contributed by atoms with Gasteiger partial charge in [-0.3, -0.25) is 0 Å². The summed E-state index contributed by atoms with van der Waals surface area (Å²) in [5.74, 6) is -0.518. The van der Waals surface area contributed by atoms with E-state index in [1.807, 2.05) is 17.8 Å². The van der Waals surface area contributed by atoms with E-state index < -0.39 is 5.97 Å². The molecule has 0 radical (unpaired) electrons. The molecule has 0 amide bonds. The summed E-state index contributed by atoms with van der Waals surface area (Å²) in [5, 5.41) is 10.9. The molecule has 168 valence electrons. The van der Waals surface area contributed by atoms with Crippen LogP contribution in [0.3, 0.4) is 0 Å². The summed E-state index contributed by atoms with van der Waals surface area (Å²) in [7, 11) is 0. The zero-order valence-corrected chi connectivity index (χ0v) is 20.4. The van der Waals surface area contributed by atoms with E-state index >= 15 is 0 Å². The van der Waals surface area contributed by atoms with Gasteiger partial charge in [0.2, 0.25) is 0 Å². The first-order valence-corrected chi connectivity index (χ1v) is 12.5. The Labute approximate surface area is 196 Å². The largest absolute Gasteiger partial charge is 0.462 e. The molecule has 1 heterocycles. The van der Waals surface area contributed by atoms with Gasteiger partial charge in [0.1, 0.15) is 11.6 Å². The average molecular weight is 449 g/mol. The quantitative estimate of drug-likeness (QED) is 0.300. The van der Waals surface area contributed by atoms with Crippen molar-refractivity contribution in [2.45, 2.75) is 71.1 Å². The normalized spacial score (nSPS) is 22.0. The lowest BCUT2D eigenvalue weighted by molar-refractivity contribution is -0.138. The molecule has 0 spiro atoms. The molecule has 0 aromatic heterocycles. The van der Waals surface area contributed by atoms with Crippen LogP contribution in [0.15, 0.2) is 50.9 Å². The highest BCUT2D eigenvalue weighted by atomic mass is 32.2. The molecule has 0 N–H and O–H groups in total. The van der Waals surface area contributed by atoms with Crippen molar-refractivity contribution in [3.05, 3.63) is 57.2 Å². The molecule has 0 fully saturated rings. The first kappa shape index (κ1) is 22.7. The summed E-state index contributed by atoms with van der Waals surface area (Å²) in [4.78, 5) is 16.2. The van der Waals surface area contributed by atoms with Crippen molar-refractivity contribution in [1.29, 1.82) is 5.26 Å². The molecule has 0 saturated carbocycles. The van der Waals surface area contributed by atoms with Gasteiger partial charge in [-0.05, 0) is 92.2 Å². The maximum atomic E-state index is 12.4. The van der Waals surface area contributed by atoms with Crippen molar-refractivity contribution in [1.82, 2.24) is 0 Å². The average Bonchev–Trinajstić information content (AvgIpc) is 3.10. The van der Waals surface area contributed by atoms with E-state index in [1.54, 1.807) is 6.92 Å². The molecule has 32 heavy (non-hydrogen) atoms.